The van der Waals surface area contributed by atoms with E-state index in [0.717, 1.165) is 17.5 Å². The number of nitrogens with one attached hydrogen (secondary N) is 2. The molecule has 0 spiro atoms. The molecular formula is C17H22N2O2. The van der Waals surface area contributed by atoms with Crippen LogP contribution in [0.5, 0.6) is 0 Å². The van der Waals surface area contributed by atoms with E-state index in [0.29, 0.717) is 17.9 Å². The fourth-order valence-electron chi connectivity index (χ4n) is 3.93. The predicted octanol–water partition coefficient (Wildman–Crippen LogP) is 2.81. The molecular weight excluding hydrogens is 264 g/mol. The van der Waals surface area contributed by atoms with Crippen LogP contribution in [0.2, 0.25) is 0 Å². The third kappa shape index (κ3) is 3.09. The fourth-order valence-corrected chi connectivity index (χ4v) is 3.93. The quantitative estimate of drug-likeness (QED) is 0.894. The summed E-state index contributed by atoms with van der Waals surface area (Å²) in [6, 6.07) is 7.02. The van der Waals surface area contributed by atoms with Gasteiger partial charge in [0.15, 0.2) is 0 Å². The fraction of sp³-hybridized carbons (Fsp3) is 0.529. The summed E-state index contributed by atoms with van der Waals surface area (Å²) < 4.78 is 0. The van der Waals surface area contributed by atoms with Gasteiger partial charge in [-0.2, -0.15) is 0 Å². The molecule has 112 valence electrons. The van der Waals surface area contributed by atoms with Gasteiger partial charge < -0.3 is 10.6 Å². The molecule has 21 heavy (non-hydrogen) atoms. The Hall–Kier alpha value is -1.84. The number of hydrogen-bond acceptors (Lipinski definition) is 2. The highest BCUT2D eigenvalue weighted by Gasteiger charge is 2.40. The van der Waals surface area contributed by atoms with Gasteiger partial charge in [0.05, 0.1) is 0 Å². The number of carbonyl (C=O) groups excluding carboxylic acids is 2. The van der Waals surface area contributed by atoms with Gasteiger partial charge in [-0.25, -0.2) is 0 Å². The second-order valence-electron chi connectivity index (χ2n) is 6.34. The Labute approximate surface area is 125 Å². The van der Waals surface area contributed by atoms with Crippen molar-refractivity contribution in [3.63, 3.8) is 0 Å². The second kappa shape index (κ2) is 5.88. The van der Waals surface area contributed by atoms with Crippen molar-refractivity contribution in [2.75, 3.05) is 12.4 Å². The molecule has 2 aliphatic carbocycles. The van der Waals surface area contributed by atoms with Gasteiger partial charge in [-0.05, 0) is 61.3 Å². The van der Waals surface area contributed by atoms with Crippen LogP contribution in [0, 0.1) is 17.8 Å². The minimum absolute atomic E-state index is 0.0974. The Bertz CT molecular complexity index is 538. The van der Waals surface area contributed by atoms with Crippen molar-refractivity contribution in [2.45, 2.75) is 32.1 Å². The number of hydrogen-bond donors (Lipinski definition) is 2. The summed E-state index contributed by atoms with van der Waals surface area (Å²) >= 11 is 0. The zero-order valence-electron chi connectivity index (χ0n) is 12.4. The van der Waals surface area contributed by atoms with Crippen LogP contribution in [-0.4, -0.2) is 18.9 Å². The Morgan fingerprint density at radius 3 is 2.48 bits per heavy atom. The molecule has 2 fully saturated rings. The third-order valence-corrected chi connectivity index (χ3v) is 4.99. The maximum atomic E-state index is 12.1. The summed E-state index contributed by atoms with van der Waals surface area (Å²) in [6.45, 7) is 0. The van der Waals surface area contributed by atoms with Crippen LogP contribution in [0.15, 0.2) is 24.3 Å². The summed E-state index contributed by atoms with van der Waals surface area (Å²) in [5.74, 6) is 2.21. The molecule has 0 heterocycles. The van der Waals surface area contributed by atoms with Gasteiger partial charge in [-0.1, -0.05) is 6.42 Å². The largest absolute Gasteiger partial charge is 0.355 e. The average molecular weight is 286 g/mol. The average Bonchev–Trinajstić information content (AvgIpc) is 3.09. The molecule has 3 unspecified atom stereocenters. The highest BCUT2D eigenvalue weighted by Crippen LogP contribution is 2.49. The molecule has 3 rings (SSSR count). The molecule has 2 N–H and O–H groups in total. The smallest absolute Gasteiger partial charge is 0.251 e. The Morgan fingerprint density at radius 1 is 1.14 bits per heavy atom. The van der Waals surface area contributed by atoms with Crippen molar-refractivity contribution in [3.8, 4) is 0 Å². The van der Waals surface area contributed by atoms with E-state index in [1.807, 2.05) is 0 Å². The maximum Gasteiger partial charge on any atom is 0.251 e. The van der Waals surface area contributed by atoms with Gasteiger partial charge in [0.2, 0.25) is 5.91 Å². The van der Waals surface area contributed by atoms with Crippen molar-refractivity contribution in [2.24, 2.45) is 17.8 Å². The van der Waals surface area contributed by atoms with Crippen molar-refractivity contribution >= 4 is 17.5 Å². The molecule has 4 nitrogen and oxygen atoms in total. The first-order chi connectivity index (χ1) is 10.2. The molecule has 1 aromatic rings. The minimum atomic E-state index is -0.116. The van der Waals surface area contributed by atoms with Crippen LogP contribution in [0.4, 0.5) is 5.69 Å². The number of amides is 2. The summed E-state index contributed by atoms with van der Waals surface area (Å²) in [4.78, 5) is 23.6. The molecule has 3 atom stereocenters. The lowest BCUT2D eigenvalue weighted by Crippen LogP contribution is -2.20. The minimum Gasteiger partial charge on any atom is -0.355 e. The van der Waals surface area contributed by atoms with E-state index < -0.39 is 0 Å². The Kier molecular flexibility index (Phi) is 3.95. The van der Waals surface area contributed by atoms with Gasteiger partial charge in [0, 0.05) is 24.7 Å². The topological polar surface area (TPSA) is 58.2 Å². The summed E-state index contributed by atoms with van der Waals surface area (Å²) in [6.07, 6.45) is 5.87. The van der Waals surface area contributed by atoms with Crippen molar-refractivity contribution in [1.29, 1.82) is 0 Å². The van der Waals surface area contributed by atoms with E-state index in [4.69, 9.17) is 0 Å². The van der Waals surface area contributed by atoms with E-state index in [2.05, 4.69) is 10.6 Å². The van der Waals surface area contributed by atoms with Gasteiger partial charge >= 0.3 is 0 Å². The molecule has 2 aliphatic rings. The monoisotopic (exact) mass is 286 g/mol. The normalized spacial score (nSPS) is 26.6. The van der Waals surface area contributed by atoms with E-state index in [-0.39, 0.29) is 11.8 Å². The van der Waals surface area contributed by atoms with Crippen molar-refractivity contribution < 1.29 is 9.59 Å². The first-order valence-electron chi connectivity index (χ1n) is 7.77. The molecule has 4 heteroatoms. The van der Waals surface area contributed by atoms with Crippen LogP contribution in [0.25, 0.3) is 0 Å². The zero-order valence-corrected chi connectivity index (χ0v) is 12.4. The van der Waals surface area contributed by atoms with Gasteiger partial charge in [-0.3, -0.25) is 9.59 Å². The van der Waals surface area contributed by atoms with E-state index in [1.165, 1.54) is 25.7 Å². The predicted molar refractivity (Wildman–Crippen MR) is 82.0 cm³/mol. The highest BCUT2D eigenvalue weighted by molar-refractivity contribution is 5.95. The Morgan fingerprint density at radius 2 is 1.90 bits per heavy atom. The lowest BCUT2D eigenvalue weighted by molar-refractivity contribution is -0.117. The van der Waals surface area contributed by atoms with Gasteiger partial charge in [-0.15, -0.1) is 0 Å². The third-order valence-electron chi connectivity index (χ3n) is 4.99. The number of carbonyl (C=O) groups is 2. The summed E-state index contributed by atoms with van der Waals surface area (Å²) in [5, 5.41) is 5.52. The summed E-state index contributed by atoms with van der Waals surface area (Å²) in [7, 11) is 1.60. The van der Waals surface area contributed by atoms with Crippen LogP contribution < -0.4 is 10.6 Å². The van der Waals surface area contributed by atoms with E-state index in [1.54, 1.807) is 31.3 Å². The molecule has 1 aromatic carbocycles. The number of fused-ring (bicyclic) bond motifs is 2. The standard InChI is InChI=1S/C17H22N2O2/c1-18-17(21)12-4-6-15(7-5-12)19-16(20)10-14-9-11-2-3-13(14)8-11/h4-7,11,13-14H,2-3,8-10H2,1H3,(H,18,21)(H,19,20). The van der Waals surface area contributed by atoms with E-state index in [9.17, 15) is 9.59 Å². The molecule has 0 radical (unpaired) electrons. The molecule has 0 saturated heterocycles. The maximum absolute atomic E-state index is 12.1. The lowest BCUT2D eigenvalue weighted by atomic mass is 9.86. The number of anilines is 1. The second-order valence-corrected chi connectivity index (χ2v) is 6.34. The Balaban J connectivity index is 1.54. The van der Waals surface area contributed by atoms with Crippen molar-refractivity contribution in [1.82, 2.24) is 5.32 Å². The van der Waals surface area contributed by atoms with Crippen molar-refractivity contribution in [3.05, 3.63) is 29.8 Å². The zero-order chi connectivity index (χ0) is 14.8. The highest BCUT2D eigenvalue weighted by atomic mass is 16.2. The first-order valence-corrected chi connectivity index (χ1v) is 7.77. The number of rotatable bonds is 4. The van der Waals surface area contributed by atoms with Crippen LogP contribution in [-0.2, 0) is 4.79 Å². The van der Waals surface area contributed by atoms with Gasteiger partial charge in [0.25, 0.3) is 5.91 Å². The SMILES string of the molecule is CNC(=O)c1ccc(NC(=O)CC2CC3CCC2C3)cc1. The van der Waals surface area contributed by atoms with Crippen LogP contribution >= 0.6 is 0 Å². The molecule has 0 aliphatic heterocycles. The summed E-state index contributed by atoms with van der Waals surface area (Å²) in [5.41, 5.74) is 1.36. The molecule has 0 aromatic heterocycles. The van der Waals surface area contributed by atoms with Gasteiger partial charge in [0.1, 0.15) is 0 Å². The molecule has 2 bridgehead atoms. The lowest BCUT2D eigenvalue weighted by Gasteiger charge is -2.20. The van der Waals surface area contributed by atoms with Crippen LogP contribution in [0.3, 0.4) is 0 Å². The van der Waals surface area contributed by atoms with Crippen LogP contribution in [0.1, 0.15) is 42.5 Å². The van der Waals surface area contributed by atoms with E-state index >= 15 is 0 Å². The molecule has 2 amide bonds. The first kappa shape index (κ1) is 14.1. The molecule has 2 saturated carbocycles. The number of benzene rings is 1.